The normalized spacial score (nSPS) is 10.5. The van der Waals surface area contributed by atoms with E-state index in [1.807, 2.05) is 29.6 Å². The Balaban J connectivity index is 1.97. The van der Waals surface area contributed by atoms with Gasteiger partial charge >= 0.3 is 0 Å². The topological polar surface area (TPSA) is 44.2 Å². The first-order chi connectivity index (χ1) is 10.7. The molecule has 0 bridgehead atoms. The van der Waals surface area contributed by atoms with Crippen molar-refractivity contribution in [1.82, 2.24) is 9.97 Å². The predicted molar refractivity (Wildman–Crippen MR) is 88.9 cm³/mol. The smallest absolute Gasteiger partial charge is 0.161 e. The first-order valence-corrected chi connectivity index (χ1v) is 7.77. The zero-order chi connectivity index (χ0) is 15.5. The van der Waals surface area contributed by atoms with Crippen LogP contribution in [0.2, 0.25) is 5.15 Å². The van der Waals surface area contributed by atoms with Crippen LogP contribution in [-0.4, -0.2) is 24.2 Å². The van der Waals surface area contributed by atoms with Crippen LogP contribution in [0.4, 0.5) is 0 Å². The molecular formula is C16H13ClN2O2S. The van der Waals surface area contributed by atoms with E-state index in [0.717, 1.165) is 21.8 Å². The summed E-state index contributed by atoms with van der Waals surface area (Å²) >= 11 is 7.49. The van der Waals surface area contributed by atoms with E-state index < -0.39 is 0 Å². The Morgan fingerprint density at radius 3 is 2.55 bits per heavy atom. The van der Waals surface area contributed by atoms with Gasteiger partial charge in [0.25, 0.3) is 0 Å². The number of halogens is 1. The van der Waals surface area contributed by atoms with Gasteiger partial charge in [-0.05, 0) is 30.3 Å². The van der Waals surface area contributed by atoms with Crippen molar-refractivity contribution in [1.29, 1.82) is 0 Å². The van der Waals surface area contributed by atoms with E-state index in [4.69, 9.17) is 21.1 Å². The highest BCUT2D eigenvalue weighted by atomic mass is 35.5. The van der Waals surface area contributed by atoms with Gasteiger partial charge in [-0.25, -0.2) is 9.97 Å². The first-order valence-electron chi connectivity index (χ1n) is 6.51. The fourth-order valence-corrected chi connectivity index (χ4v) is 3.07. The molecule has 0 N–H and O–H groups in total. The lowest BCUT2D eigenvalue weighted by molar-refractivity contribution is 0.355. The average Bonchev–Trinajstić information content (AvgIpc) is 3.04. The molecule has 0 amide bonds. The maximum absolute atomic E-state index is 5.93. The average molecular weight is 333 g/mol. The van der Waals surface area contributed by atoms with Crippen molar-refractivity contribution in [3.63, 3.8) is 0 Å². The molecule has 0 aliphatic heterocycles. The van der Waals surface area contributed by atoms with Gasteiger partial charge in [0.15, 0.2) is 11.5 Å². The zero-order valence-electron chi connectivity index (χ0n) is 12.0. The SMILES string of the molecule is COc1ccc(-c2csc(-c3ccnc(Cl)c3)n2)cc1OC. The summed E-state index contributed by atoms with van der Waals surface area (Å²) in [5.41, 5.74) is 2.81. The third-order valence-corrected chi connectivity index (χ3v) is 4.26. The summed E-state index contributed by atoms with van der Waals surface area (Å²) in [5.74, 6) is 1.38. The van der Waals surface area contributed by atoms with E-state index in [-0.39, 0.29) is 0 Å². The largest absolute Gasteiger partial charge is 0.493 e. The number of benzene rings is 1. The molecule has 112 valence electrons. The molecule has 3 aromatic rings. The molecule has 22 heavy (non-hydrogen) atoms. The summed E-state index contributed by atoms with van der Waals surface area (Å²) in [6, 6.07) is 9.44. The number of thiazole rings is 1. The summed E-state index contributed by atoms with van der Waals surface area (Å²) in [6.07, 6.45) is 1.68. The van der Waals surface area contributed by atoms with Gasteiger partial charge in [-0.1, -0.05) is 11.6 Å². The Morgan fingerprint density at radius 2 is 1.82 bits per heavy atom. The van der Waals surface area contributed by atoms with E-state index >= 15 is 0 Å². The van der Waals surface area contributed by atoms with Crippen molar-refractivity contribution in [2.24, 2.45) is 0 Å². The maximum Gasteiger partial charge on any atom is 0.161 e. The molecule has 3 rings (SSSR count). The lowest BCUT2D eigenvalue weighted by atomic mass is 10.1. The molecule has 2 aromatic heterocycles. The minimum absolute atomic E-state index is 0.459. The molecule has 6 heteroatoms. The number of ether oxygens (including phenoxy) is 2. The highest BCUT2D eigenvalue weighted by Gasteiger charge is 2.10. The van der Waals surface area contributed by atoms with Crippen LogP contribution in [0.3, 0.4) is 0 Å². The molecular weight excluding hydrogens is 320 g/mol. The van der Waals surface area contributed by atoms with Crippen molar-refractivity contribution in [2.45, 2.75) is 0 Å². The quantitative estimate of drug-likeness (QED) is 0.658. The minimum atomic E-state index is 0.459. The predicted octanol–water partition coefficient (Wildman–Crippen LogP) is 4.54. The summed E-state index contributed by atoms with van der Waals surface area (Å²) in [6.45, 7) is 0. The van der Waals surface area contributed by atoms with Crippen LogP contribution in [0, 0.1) is 0 Å². The number of hydrogen-bond acceptors (Lipinski definition) is 5. The van der Waals surface area contributed by atoms with E-state index in [0.29, 0.717) is 16.7 Å². The van der Waals surface area contributed by atoms with Gasteiger partial charge in [0.05, 0.1) is 19.9 Å². The lowest BCUT2D eigenvalue weighted by Crippen LogP contribution is -1.91. The van der Waals surface area contributed by atoms with E-state index in [1.165, 1.54) is 0 Å². The first kappa shape index (κ1) is 14.8. The molecule has 1 aromatic carbocycles. The molecule has 0 spiro atoms. The fourth-order valence-electron chi connectivity index (χ4n) is 2.07. The van der Waals surface area contributed by atoms with Crippen LogP contribution in [-0.2, 0) is 0 Å². The fraction of sp³-hybridized carbons (Fsp3) is 0.125. The number of aromatic nitrogens is 2. The summed E-state index contributed by atoms with van der Waals surface area (Å²) < 4.78 is 10.6. The third kappa shape index (κ3) is 2.91. The van der Waals surface area contributed by atoms with Gasteiger partial charge < -0.3 is 9.47 Å². The van der Waals surface area contributed by atoms with Crippen molar-refractivity contribution in [2.75, 3.05) is 14.2 Å². The van der Waals surface area contributed by atoms with Crippen LogP contribution in [0.25, 0.3) is 21.8 Å². The lowest BCUT2D eigenvalue weighted by Gasteiger charge is -2.08. The molecule has 0 aliphatic carbocycles. The van der Waals surface area contributed by atoms with Gasteiger partial charge in [0, 0.05) is 22.7 Å². The van der Waals surface area contributed by atoms with Gasteiger partial charge in [-0.15, -0.1) is 11.3 Å². The molecule has 0 aliphatic rings. The highest BCUT2D eigenvalue weighted by Crippen LogP contribution is 2.34. The zero-order valence-corrected chi connectivity index (χ0v) is 13.6. The van der Waals surface area contributed by atoms with E-state index in [9.17, 15) is 0 Å². The Morgan fingerprint density at radius 1 is 1.00 bits per heavy atom. The molecule has 2 heterocycles. The monoisotopic (exact) mass is 332 g/mol. The third-order valence-electron chi connectivity index (χ3n) is 3.16. The second kappa shape index (κ2) is 6.34. The Hall–Kier alpha value is -2.11. The summed E-state index contributed by atoms with van der Waals surface area (Å²) in [5, 5.41) is 3.36. The van der Waals surface area contributed by atoms with Crippen molar-refractivity contribution in [3.8, 4) is 33.3 Å². The number of rotatable bonds is 4. The molecule has 0 radical (unpaired) electrons. The van der Waals surface area contributed by atoms with Crippen LogP contribution in [0.5, 0.6) is 11.5 Å². The number of methoxy groups -OCH3 is 2. The molecule has 0 atom stereocenters. The number of hydrogen-bond donors (Lipinski definition) is 0. The minimum Gasteiger partial charge on any atom is -0.493 e. The molecule has 0 saturated carbocycles. The van der Waals surface area contributed by atoms with Crippen molar-refractivity contribution in [3.05, 3.63) is 47.1 Å². The summed E-state index contributed by atoms with van der Waals surface area (Å²) in [7, 11) is 3.23. The molecule has 0 unspecified atom stereocenters. The van der Waals surface area contributed by atoms with Gasteiger partial charge in [0.1, 0.15) is 10.2 Å². The highest BCUT2D eigenvalue weighted by molar-refractivity contribution is 7.13. The Labute approximate surface area is 137 Å². The standard InChI is InChI=1S/C16H13ClN2O2S/c1-20-13-4-3-10(7-14(13)21-2)12-9-22-16(19-12)11-5-6-18-15(17)8-11/h3-9H,1-2H3. The van der Waals surface area contributed by atoms with Crippen LogP contribution < -0.4 is 9.47 Å². The number of pyridine rings is 1. The van der Waals surface area contributed by atoms with Gasteiger partial charge in [-0.2, -0.15) is 0 Å². The maximum atomic E-state index is 5.93. The Kier molecular flexibility index (Phi) is 4.27. The molecule has 0 saturated heterocycles. The second-order valence-electron chi connectivity index (χ2n) is 4.47. The van der Waals surface area contributed by atoms with Crippen LogP contribution in [0.15, 0.2) is 41.9 Å². The van der Waals surface area contributed by atoms with Crippen LogP contribution in [0.1, 0.15) is 0 Å². The Bertz CT molecular complexity index is 804. The van der Waals surface area contributed by atoms with Gasteiger partial charge in [-0.3, -0.25) is 0 Å². The molecule has 0 fully saturated rings. The summed E-state index contributed by atoms with van der Waals surface area (Å²) in [4.78, 5) is 8.64. The van der Waals surface area contributed by atoms with E-state index in [2.05, 4.69) is 9.97 Å². The van der Waals surface area contributed by atoms with E-state index in [1.54, 1.807) is 37.8 Å². The second-order valence-corrected chi connectivity index (χ2v) is 5.72. The van der Waals surface area contributed by atoms with Crippen molar-refractivity contribution < 1.29 is 9.47 Å². The van der Waals surface area contributed by atoms with Crippen molar-refractivity contribution >= 4 is 22.9 Å². The van der Waals surface area contributed by atoms with Gasteiger partial charge in [0.2, 0.25) is 0 Å². The number of nitrogens with zero attached hydrogens (tertiary/aromatic N) is 2. The molecule has 4 nitrogen and oxygen atoms in total. The van der Waals surface area contributed by atoms with Crippen LogP contribution >= 0.6 is 22.9 Å².